The second-order valence-electron chi connectivity index (χ2n) is 6.26. The van der Waals surface area contributed by atoms with Crippen molar-refractivity contribution in [3.63, 3.8) is 0 Å². The van der Waals surface area contributed by atoms with Crippen LogP contribution >= 0.6 is 0 Å². The summed E-state index contributed by atoms with van der Waals surface area (Å²) in [6, 6.07) is 5.70. The van der Waals surface area contributed by atoms with E-state index >= 15 is 0 Å². The van der Waals surface area contributed by atoms with E-state index in [1.54, 1.807) is 22.9 Å². The number of halogens is 1. The SMILES string of the molecule is CN1CCCC2(CCCN2C(=O)COc2cccc(F)c2)C1=O. The molecule has 1 aromatic carbocycles. The van der Waals surface area contributed by atoms with Crippen molar-refractivity contribution in [3.8, 4) is 5.75 Å². The summed E-state index contributed by atoms with van der Waals surface area (Å²) in [6.07, 6.45) is 3.14. The van der Waals surface area contributed by atoms with Crippen molar-refractivity contribution in [1.29, 1.82) is 0 Å². The van der Waals surface area contributed by atoms with Gasteiger partial charge in [0.25, 0.3) is 5.91 Å². The molecular formula is C17H21FN2O3. The fourth-order valence-electron chi connectivity index (χ4n) is 3.68. The van der Waals surface area contributed by atoms with Crippen molar-refractivity contribution in [3.05, 3.63) is 30.1 Å². The third-order valence-corrected chi connectivity index (χ3v) is 4.78. The Morgan fingerprint density at radius 1 is 1.30 bits per heavy atom. The van der Waals surface area contributed by atoms with Crippen LogP contribution in [-0.4, -0.2) is 53.9 Å². The van der Waals surface area contributed by atoms with Gasteiger partial charge in [-0.3, -0.25) is 9.59 Å². The zero-order chi connectivity index (χ0) is 16.4. The first-order valence-electron chi connectivity index (χ1n) is 7.97. The Bertz CT molecular complexity index is 622. The molecule has 0 radical (unpaired) electrons. The molecule has 1 unspecified atom stereocenters. The number of nitrogens with zero attached hydrogens (tertiary/aromatic N) is 2. The van der Waals surface area contributed by atoms with Crippen LogP contribution in [0, 0.1) is 5.82 Å². The van der Waals surface area contributed by atoms with E-state index in [0.29, 0.717) is 25.1 Å². The summed E-state index contributed by atoms with van der Waals surface area (Å²) < 4.78 is 18.5. The highest BCUT2D eigenvalue weighted by molar-refractivity contribution is 5.93. The number of hydrogen-bond acceptors (Lipinski definition) is 3. The maximum Gasteiger partial charge on any atom is 0.261 e. The van der Waals surface area contributed by atoms with Crippen molar-refractivity contribution in [2.75, 3.05) is 26.7 Å². The predicted octanol–water partition coefficient (Wildman–Crippen LogP) is 1.82. The first-order chi connectivity index (χ1) is 11.0. The zero-order valence-corrected chi connectivity index (χ0v) is 13.3. The molecule has 2 amide bonds. The van der Waals surface area contributed by atoms with Crippen LogP contribution in [0.1, 0.15) is 25.7 Å². The lowest BCUT2D eigenvalue weighted by Crippen LogP contribution is -2.61. The molecule has 1 atom stereocenters. The highest BCUT2D eigenvalue weighted by Gasteiger charge is 2.51. The number of rotatable bonds is 3. The van der Waals surface area contributed by atoms with Crippen molar-refractivity contribution in [2.45, 2.75) is 31.2 Å². The van der Waals surface area contributed by atoms with Gasteiger partial charge in [0.2, 0.25) is 5.91 Å². The van der Waals surface area contributed by atoms with Crippen LogP contribution < -0.4 is 4.74 Å². The van der Waals surface area contributed by atoms with E-state index in [4.69, 9.17) is 4.74 Å². The summed E-state index contributed by atoms with van der Waals surface area (Å²) in [5, 5.41) is 0. The van der Waals surface area contributed by atoms with Crippen molar-refractivity contribution in [2.24, 2.45) is 0 Å². The standard InChI is InChI=1S/C17H21FN2O3/c1-19-9-3-7-17(16(19)22)8-4-10-20(17)15(21)12-23-14-6-2-5-13(18)11-14/h2,5-6,11H,3-4,7-10,12H2,1H3. The van der Waals surface area contributed by atoms with Gasteiger partial charge in [-0.1, -0.05) is 6.07 Å². The summed E-state index contributed by atoms with van der Waals surface area (Å²) in [5.74, 6) is -0.272. The normalized spacial score (nSPS) is 24.3. The van der Waals surface area contributed by atoms with Gasteiger partial charge >= 0.3 is 0 Å². The van der Waals surface area contributed by atoms with Crippen LogP contribution in [0.5, 0.6) is 5.75 Å². The molecule has 0 N–H and O–H groups in total. The smallest absolute Gasteiger partial charge is 0.261 e. The summed E-state index contributed by atoms with van der Waals surface area (Å²) in [7, 11) is 1.79. The Hall–Kier alpha value is -2.11. The minimum absolute atomic E-state index is 0.0281. The summed E-state index contributed by atoms with van der Waals surface area (Å²) in [4.78, 5) is 28.6. The van der Waals surface area contributed by atoms with Gasteiger partial charge in [-0.05, 0) is 37.8 Å². The van der Waals surface area contributed by atoms with E-state index < -0.39 is 11.4 Å². The maximum absolute atomic E-state index is 13.1. The second kappa shape index (κ2) is 6.18. The Labute approximate surface area is 135 Å². The van der Waals surface area contributed by atoms with Crippen molar-refractivity contribution < 1.29 is 18.7 Å². The average Bonchev–Trinajstić information content (AvgIpc) is 2.95. The largest absolute Gasteiger partial charge is 0.484 e. The average molecular weight is 320 g/mol. The Kier molecular flexibility index (Phi) is 4.24. The minimum atomic E-state index is -0.699. The number of ether oxygens (including phenoxy) is 1. The number of likely N-dealkylation sites (tertiary alicyclic amines) is 2. The molecule has 2 aliphatic heterocycles. The molecule has 0 aromatic heterocycles. The molecule has 124 valence electrons. The molecule has 0 saturated carbocycles. The lowest BCUT2D eigenvalue weighted by Gasteiger charge is -2.43. The van der Waals surface area contributed by atoms with Gasteiger partial charge in [0.1, 0.15) is 17.1 Å². The number of amides is 2. The number of benzene rings is 1. The fourth-order valence-corrected chi connectivity index (χ4v) is 3.68. The molecule has 23 heavy (non-hydrogen) atoms. The molecule has 1 aromatic rings. The van der Waals surface area contributed by atoms with E-state index in [9.17, 15) is 14.0 Å². The highest BCUT2D eigenvalue weighted by Crippen LogP contribution is 2.37. The first kappa shape index (κ1) is 15.8. The van der Waals surface area contributed by atoms with E-state index in [1.165, 1.54) is 18.2 Å². The van der Waals surface area contributed by atoms with Crippen LogP contribution in [0.15, 0.2) is 24.3 Å². The molecule has 3 rings (SSSR count). The van der Waals surface area contributed by atoms with E-state index in [2.05, 4.69) is 0 Å². The molecule has 0 aliphatic carbocycles. The van der Waals surface area contributed by atoms with Gasteiger partial charge in [0, 0.05) is 26.2 Å². The van der Waals surface area contributed by atoms with E-state index in [0.717, 1.165) is 19.4 Å². The summed E-state index contributed by atoms with van der Waals surface area (Å²) in [5.41, 5.74) is -0.699. The predicted molar refractivity (Wildman–Crippen MR) is 82.4 cm³/mol. The molecule has 0 bridgehead atoms. The molecule has 6 heteroatoms. The Balaban J connectivity index is 1.70. The van der Waals surface area contributed by atoms with Crippen LogP contribution in [0.25, 0.3) is 0 Å². The molecular weight excluding hydrogens is 299 g/mol. The lowest BCUT2D eigenvalue weighted by molar-refractivity contribution is -0.155. The minimum Gasteiger partial charge on any atom is -0.484 e. The van der Waals surface area contributed by atoms with Gasteiger partial charge < -0.3 is 14.5 Å². The van der Waals surface area contributed by atoms with Gasteiger partial charge in [0.05, 0.1) is 0 Å². The van der Waals surface area contributed by atoms with Crippen molar-refractivity contribution >= 4 is 11.8 Å². The quantitative estimate of drug-likeness (QED) is 0.853. The van der Waals surface area contributed by atoms with Crippen LogP contribution in [0.4, 0.5) is 4.39 Å². The molecule has 5 nitrogen and oxygen atoms in total. The lowest BCUT2D eigenvalue weighted by atomic mass is 9.85. The maximum atomic E-state index is 13.1. The third-order valence-electron chi connectivity index (χ3n) is 4.78. The zero-order valence-electron chi connectivity index (χ0n) is 13.3. The van der Waals surface area contributed by atoms with Gasteiger partial charge in [0.15, 0.2) is 6.61 Å². The van der Waals surface area contributed by atoms with Gasteiger partial charge in [-0.25, -0.2) is 4.39 Å². The Morgan fingerprint density at radius 2 is 2.04 bits per heavy atom. The number of likely N-dealkylation sites (N-methyl/N-ethyl adjacent to an activating group) is 1. The molecule has 2 saturated heterocycles. The fraction of sp³-hybridized carbons (Fsp3) is 0.529. The first-order valence-corrected chi connectivity index (χ1v) is 7.97. The van der Waals surface area contributed by atoms with E-state index in [1.807, 2.05) is 0 Å². The number of piperidine rings is 1. The van der Waals surface area contributed by atoms with E-state index in [-0.39, 0.29) is 18.4 Å². The molecule has 2 aliphatic rings. The van der Waals surface area contributed by atoms with Crippen molar-refractivity contribution in [1.82, 2.24) is 9.80 Å². The third kappa shape index (κ3) is 2.90. The molecule has 2 fully saturated rings. The number of carbonyl (C=O) groups is 2. The highest BCUT2D eigenvalue weighted by atomic mass is 19.1. The topological polar surface area (TPSA) is 49.9 Å². The molecule has 1 spiro atoms. The van der Waals surface area contributed by atoms with Crippen LogP contribution in [-0.2, 0) is 9.59 Å². The monoisotopic (exact) mass is 320 g/mol. The summed E-state index contributed by atoms with van der Waals surface area (Å²) in [6.45, 7) is 1.13. The summed E-state index contributed by atoms with van der Waals surface area (Å²) >= 11 is 0. The van der Waals surface area contributed by atoms with Gasteiger partial charge in [-0.2, -0.15) is 0 Å². The number of hydrogen-bond donors (Lipinski definition) is 0. The van der Waals surface area contributed by atoms with Crippen LogP contribution in [0.2, 0.25) is 0 Å². The second-order valence-corrected chi connectivity index (χ2v) is 6.26. The van der Waals surface area contributed by atoms with Gasteiger partial charge in [-0.15, -0.1) is 0 Å². The Morgan fingerprint density at radius 3 is 2.78 bits per heavy atom. The molecule has 2 heterocycles. The number of carbonyl (C=O) groups excluding carboxylic acids is 2. The van der Waals surface area contributed by atoms with Crippen LogP contribution in [0.3, 0.4) is 0 Å².